The van der Waals surface area contributed by atoms with E-state index in [1.807, 2.05) is 24.3 Å². The molecule has 1 aliphatic carbocycles. The smallest absolute Gasteiger partial charge is 0.149 e. The van der Waals surface area contributed by atoms with Gasteiger partial charge < -0.3 is 4.42 Å². The Hall–Kier alpha value is -4.36. The zero-order chi connectivity index (χ0) is 31.7. The van der Waals surface area contributed by atoms with Gasteiger partial charge in [-0.3, -0.25) is 4.57 Å². The van der Waals surface area contributed by atoms with Gasteiger partial charge in [-0.25, -0.2) is 4.98 Å². The van der Waals surface area contributed by atoms with Gasteiger partial charge in [0.25, 0.3) is 0 Å². The van der Waals surface area contributed by atoms with E-state index in [0.29, 0.717) is 16.6 Å². The quantitative estimate of drug-likeness (QED) is 0.204. The maximum absolute atomic E-state index is 9.69. The summed E-state index contributed by atoms with van der Waals surface area (Å²) in [5.41, 5.74) is 10.0. The minimum atomic E-state index is -0.580. The van der Waals surface area contributed by atoms with Crippen molar-refractivity contribution >= 4 is 33.0 Å². The van der Waals surface area contributed by atoms with Gasteiger partial charge in [-0.2, -0.15) is 5.26 Å². The van der Waals surface area contributed by atoms with Crippen molar-refractivity contribution in [3.63, 3.8) is 0 Å². The fourth-order valence-electron chi connectivity index (χ4n) is 7.02. The highest BCUT2D eigenvalue weighted by Gasteiger charge is 2.30. The molecule has 44 heavy (non-hydrogen) atoms. The Balaban J connectivity index is 1.52. The number of fused-ring (bicyclic) bond motifs is 4. The summed E-state index contributed by atoms with van der Waals surface area (Å²) in [5, 5.41) is 11.5. The fraction of sp³-hybridized carbons (Fsp3) is 0.350. The van der Waals surface area contributed by atoms with Crippen molar-refractivity contribution in [2.24, 2.45) is 5.41 Å². The van der Waals surface area contributed by atoms with Crippen LogP contribution in [0.1, 0.15) is 109 Å². The Morgan fingerprint density at radius 3 is 2.30 bits per heavy atom. The lowest BCUT2D eigenvalue weighted by Crippen LogP contribution is -2.21. The van der Waals surface area contributed by atoms with E-state index in [0.717, 1.165) is 75.7 Å². The van der Waals surface area contributed by atoms with Gasteiger partial charge in [0.15, 0.2) is 0 Å². The van der Waals surface area contributed by atoms with Crippen molar-refractivity contribution in [2.75, 3.05) is 0 Å². The van der Waals surface area contributed by atoms with E-state index in [4.69, 9.17) is 9.40 Å². The number of rotatable bonds is 5. The van der Waals surface area contributed by atoms with Crippen LogP contribution in [0.2, 0.25) is 0 Å². The largest absolute Gasteiger partial charge is 0.455 e. The second-order valence-corrected chi connectivity index (χ2v) is 13.9. The third-order valence-corrected chi connectivity index (χ3v) is 9.68. The molecule has 0 amide bonds. The Bertz CT molecular complexity index is 2100. The monoisotopic (exact) mass is 580 g/mol. The van der Waals surface area contributed by atoms with E-state index >= 15 is 0 Å². The minimum absolute atomic E-state index is 0.237. The summed E-state index contributed by atoms with van der Waals surface area (Å²) in [7, 11) is 0. The molecule has 222 valence electrons. The predicted molar refractivity (Wildman–Crippen MR) is 182 cm³/mol. The molecule has 1 fully saturated rings. The highest BCUT2D eigenvalue weighted by molar-refractivity contribution is 6.09. The van der Waals surface area contributed by atoms with Crippen molar-refractivity contribution in [3.05, 3.63) is 95.1 Å². The van der Waals surface area contributed by atoms with E-state index in [9.17, 15) is 6.63 Å². The first-order chi connectivity index (χ1) is 21.5. The van der Waals surface area contributed by atoms with Crippen LogP contribution in [-0.4, -0.2) is 9.55 Å². The molecule has 2 heterocycles. The third-order valence-electron chi connectivity index (χ3n) is 9.68. The number of hydrogen-bond acceptors (Lipinski definition) is 3. The molecule has 2 aromatic heterocycles. The Labute approximate surface area is 261 Å². The van der Waals surface area contributed by atoms with Gasteiger partial charge in [0, 0.05) is 12.1 Å². The Kier molecular flexibility index (Phi) is 6.60. The van der Waals surface area contributed by atoms with E-state index in [2.05, 4.69) is 101 Å². The molecule has 0 bridgehead atoms. The summed E-state index contributed by atoms with van der Waals surface area (Å²) in [6.45, 7) is 13.7. The average molecular weight is 581 g/mol. The van der Waals surface area contributed by atoms with Crippen molar-refractivity contribution in [3.8, 4) is 23.1 Å². The second-order valence-electron chi connectivity index (χ2n) is 13.9. The maximum Gasteiger partial charge on any atom is 0.149 e. The van der Waals surface area contributed by atoms with Crippen molar-refractivity contribution in [2.45, 2.75) is 85.0 Å². The van der Waals surface area contributed by atoms with Crippen LogP contribution in [0.5, 0.6) is 0 Å². The van der Waals surface area contributed by atoms with Gasteiger partial charge in [0.2, 0.25) is 0 Å². The lowest BCUT2D eigenvalue weighted by Gasteiger charge is -2.35. The zero-order valence-electron chi connectivity index (χ0n) is 27.7. The lowest BCUT2D eigenvalue weighted by molar-refractivity contribution is 0.224. The van der Waals surface area contributed by atoms with Crippen molar-refractivity contribution in [1.82, 2.24) is 9.55 Å². The normalized spacial score (nSPS) is 16.7. The number of hydrogen-bond donors (Lipinski definition) is 0. The molecule has 0 N–H and O–H groups in total. The fourth-order valence-corrected chi connectivity index (χ4v) is 7.02. The zero-order valence-corrected chi connectivity index (χ0v) is 26.7. The van der Waals surface area contributed by atoms with Crippen LogP contribution >= 0.6 is 0 Å². The number of para-hydroxylation sites is 3. The molecule has 4 heteroatoms. The van der Waals surface area contributed by atoms with Crippen LogP contribution in [0.25, 0.3) is 50.0 Å². The van der Waals surface area contributed by atoms with E-state index in [1.54, 1.807) is 0 Å². The van der Waals surface area contributed by atoms with Crippen LogP contribution in [0, 0.1) is 16.7 Å². The molecule has 0 unspecified atom stereocenters. The van der Waals surface area contributed by atoms with Gasteiger partial charge in [0.05, 0.1) is 33.9 Å². The van der Waals surface area contributed by atoms with Crippen LogP contribution < -0.4 is 0 Å². The van der Waals surface area contributed by atoms with Gasteiger partial charge in [-0.15, -0.1) is 0 Å². The lowest BCUT2D eigenvalue weighted by atomic mass is 9.70. The molecular formula is C40H41N3O. The Morgan fingerprint density at radius 2 is 1.61 bits per heavy atom. The molecule has 4 nitrogen and oxygen atoms in total. The average Bonchev–Trinajstić information content (AvgIpc) is 3.60. The van der Waals surface area contributed by atoms with Gasteiger partial charge in [0.1, 0.15) is 17.0 Å². The second kappa shape index (κ2) is 10.7. The SMILES string of the molecule is [2H]C1(c2cc(C(C)C)c(-n3c(-c4cccc5c4oc4cc(C#N)ccc45)nc4ccccc43)c(C(C)C)c2)CCC(C)(C)CC1. The summed E-state index contributed by atoms with van der Waals surface area (Å²) in [5.74, 6) is 0.726. The first kappa shape index (κ1) is 27.2. The van der Waals surface area contributed by atoms with Gasteiger partial charge in [-0.05, 0) is 102 Å². The molecule has 0 aliphatic heterocycles. The molecule has 6 aromatic rings. The van der Waals surface area contributed by atoms with Gasteiger partial charge >= 0.3 is 0 Å². The first-order valence-corrected chi connectivity index (χ1v) is 16.0. The topological polar surface area (TPSA) is 54.8 Å². The molecule has 1 saturated carbocycles. The summed E-state index contributed by atoms with van der Waals surface area (Å²) >= 11 is 0. The number of imidazole rings is 1. The number of nitriles is 1. The number of aromatic nitrogens is 2. The van der Waals surface area contributed by atoms with E-state index in [1.165, 1.54) is 11.1 Å². The Morgan fingerprint density at radius 1 is 0.909 bits per heavy atom. The van der Waals surface area contributed by atoms with Crippen molar-refractivity contribution in [1.29, 1.82) is 5.26 Å². The number of benzene rings is 4. The first-order valence-electron chi connectivity index (χ1n) is 16.5. The summed E-state index contributed by atoms with van der Waals surface area (Å²) in [4.78, 5) is 5.27. The molecule has 0 radical (unpaired) electrons. The third kappa shape index (κ3) is 4.70. The summed E-state index contributed by atoms with van der Waals surface area (Å²) in [6.07, 6.45) is 3.91. The summed E-state index contributed by atoms with van der Waals surface area (Å²) < 4.78 is 18.5. The van der Waals surface area contributed by atoms with Crippen LogP contribution in [0.15, 0.2) is 77.2 Å². The molecule has 0 atom stereocenters. The molecule has 7 rings (SSSR count). The number of furan rings is 1. The molecule has 0 saturated heterocycles. The molecule has 4 aromatic carbocycles. The predicted octanol–water partition coefficient (Wildman–Crippen LogP) is 11.4. The standard InChI is InChI=1S/C40H41N3O/c1-24(2)32-21-28(27-16-18-40(5,6)19-17-27)22-33(25(3)4)37(32)43-35-13-8-7-12-34(35)42-39(43)31-11-9-10-30-29-15-14-26(23-41)20-36(29)44-38(30)31/h7-15,20-22,24-25,27H,16-19H2,1-6H3/i27D. The van der Waals surface area contributed by atoms with Crippen LogP contribution in [-0.2, 0) is 0 Å². The number of nitrogens with zero attached hydrogens (tertiary/aromatic N) is 3. The van der Waals surface area contributed by atoms with Crippen LogP contribution in [0.3, 0.4) is 0 Å². The minimum Gasteiger partial charge on any atom is -0.455 e. The van der Waals surface area contributed by atoms with E-state index < -0.39 is 5.89 Å². The molecule has 0 spiro atoms. The van der Waals surface area contributed by atoms with Gasteiger partial charge in [-0.1, -0.05) is 77.9 Å². The van der Waals surface area contributed by atoms with E-state index in [-0.39, 0.29) is 11.8 Å². The maximum atomic E-state index is 9.69. The highest BCUT2D eigenvalue weighted by Crippen LogP contribution is 2.46. The molecular weight excluding hydrogens is 538 g/mol. The van der Waals surface area contributed by atoms with Crippen LogP contribution in [0.4, 0.5) is 0 Å². The van der Waals surface area contributed by atoms with Crippen molar-refractivity contribution < 1.29 is 5.79 Å². The molecule has 1 aliphatic rings. The highest BCUT2D eigenvalue weighted by atomic mass is 16.3. The summed E-state index contributed by atoms with van der Waals surface area (Å²) in [6, 6.07) is 27.1.